The van der Waals surface area contributed by atoms with Crippen molar-refractivity contribution in [1.29, 1.82) is 0 Å². The Bertz CT molecular complexity index is 670. The first-order chi connectivity index (χ1) is 10.3. The molecule has 8 nitrogen and oxygen atoms in total. The standard InChI is InChI=1S/C14H16N2O6/c1-7-4-10-13(15(7)8(2)17)9(6-12(18)19)5-11(16(20)21)14(10)22-3/h5,7H,4,6H2,1-3H3,(H,18,19). The highest BCUT2D eigenvalue weighted by atomic mass is 16.6. The van der Waals surface area contributed by atoms with Crippen LogP contribution in [0.1, 0.15) is 25.0 Å². The molecule has 0 radical (unpaired) electrons. The van der Waals surface area contributed by atoms with Gasteiger partial charge in [-0.05, 0) is 18.9 Å². The van der Waals surface area contributed by atoms with Crippen LogP contribution in [0.25, 0.3) is 0 Å². The largest absolute Gasteiger partial charge is 0.490 e. The zero-order valence-corrected chi connectivity index (χ0v) is 12.5. The fourth-order valence-electron chi connectivity index (χ4n) is 2.98. The van der Waals surface area contributed by atoms with E-state index in [1.165, 1.54) is 25.0 Å². The van der Waals surface area contributed by atoms with Gasteiger partial charge in [0.15, 0.2) is 0 Å². The maximum atomic E-state index is 11.9. The quantitative estimate of drug-likeness (QED) is 0.667. The Kier molecular flexibility index (Phi) is 4.03. The zero-order valence-electron chi connectivity index (χ0n) is 12.5. The van der Waals surface area contributed by atoms with E-state index in [2.05, 4.69) is 0 Å². The number of amides is 1. The molecule has 2 rings (SSSR count). The molecule has 1 heterocycles. The van der Waals surface area contributed by atoms with Crippen molar-refractivity contribution in [3.8, 4) is 5.75 Å². The van der Waals surface area contributed by atoms with Crippen LogP contribution >= 0.6 is 0 Å². The lowest BCUT2D eigenvalue weighted by Gasteiger charge is -2.23. The third kappa shape index (κ3) is 2.47. The van der Waals surface area contributed by atoms with Gasteiger partial charge >= 0.3 is 11.7 Å². The van der Waals surface area contributed by atoms with E-state index in [0.29, 0.717) is 17.7 Å². The van der Waals surface area contributed by atoms with E-state index in [9.17, 15) is 19.7 Å². The highest BCUT2D eigenvalue weighted by Crippen LogP contribution is 2.46. The average molecular weight is 308 g/mol. The number of rotatable bonds is 4. The molecule has 0 fully saturated rings. The van der Waals surface area contributed by atoms with E-state index in [1.807, 2.05) is 0 Å². The van der Waals surface area contributed by atoms with Crippen molar-refractivity contribution in [3.05, 3.63) is 27.3 Å². The van der Waals surface area contributed by atoms with Crippen molar-refractivity contribution in [1.82, 2.24) is 0 Å². The Balaban J connectivity index is 2.77. The van der Waals surface area contributed by atoms with E-state index in [1.54, 1.807) is 6.92 Å². The van der Waals surface area contributed by atoms with Crippen molar-refractivity contribution in [3.63, 3.8) is 0 Å². The van der Waals surface area contributed by atoms with Crippen LogP contribution in [-0.2, 0) is 22.4 Å². The highest BCUT2D eigenvalue weighted by Gasteiger charge is 2.37. The van der Waals surface area contributed by atoms with Crippen LogP contribution in [0.5, 0.6) is 5.75 Å². The molecule has 118 valence electrons. The second-order valence-corrected chi connectivity index (χ2v) is 5.19. The summed E-state index contributed by atoms with van der Waals surface area (Å²) in [5.74, 6) is -1.27. The Labute approximate surface area is 126 Å². The normalized spacial score (nSPS) is 16.3. The first-order valence-corrected chi connectivity index (χ1v) is 6.66. The number of carboxylic acid groups (broad SMARTS) is 1. The molecule has 0 bridgehead atoms. The van der Waals surface area contributed by atoms with Crippen LogP contribution in [0.2, 0.25) is 0 Å². The molecule has 8 heteroatoms. The Morgan fingerprint density at radius 3 is 2.64 bits per heavy atom. The van der Waals surface area contributed by atoms with Gasteiger partial charge in [0.2, 0.25) is 11.7 Å². The van der Waals surface area contributed by atoms with Crippen molar-refractivity contribution in [2.75, 3.05) is 12.0 Å². The highest BCUT2D eigenvalue weighted by molar-refractivity contribution is 5.97. The predicted octanol–water partition coefficient (Wildman–Crippen LogP) is 1.53. The lowest BCUT2D eigenvalue weighted by Crippen LogP contribution is -2.34. The van der Waals surface area contributed by atoms with Gasteiger partial charge in [-0.15, -0.1) is 0 Å². The second kappa shape index (κ2) is 5.63. The fraction of sp³-hybridized carbons (Fsp3) is 0.429. The molecule has 1 N–H and O–H groups in total. The number of nitro groups is 1. The summed E-state index contributed by atoms with van der Waals surface area (Å²) >= 11 is 0. The number of aliphatic carboxylic acids is 1. The molecular weight excluding hydrogens is 292 g/mol. The third-order valence-electron chi connectivity index (χ3n) is 3.67. The van der Waals surface area contributed by atoms with Crippen molar-refractivity contribution < 1.29 is 24.4 Å². The van der Waals surface area contributed by atoms with E-state index in [4.69, 9.17) is 9.84 Å². The molecule has 0 aromatic heterocycles. The van der Waals surface area contributed by atoms with Gasteiger partial charge in [0.05, 0.1) is 24.1 Å². The van der Waals surface area contributed by atoms with Crippen LogP contribution < -0.4 is 9.64 Å². The summed E-state index contributed by atoms with van der Waals surface area (Å²) in [5, 5.41) is 20.3. The number of carbonyl (C=O) groups excluding carboxylic acids is 1. The zero-order chi connectivity index (χ0) is 16.6. The summed E-state index contributed by atoms with van der Waals surface area (Å²) < 4.78 is 5.16. The van der Waals surface area contributed by atoms with Crippen LogP contribution in [0, 0.1) is 10.1 Å². The van der Waals surface area contributed by atoms with E-state index < -0.39 is 17.3 Å². The number of fused-ring (bicyclic) bond motifs is 1. The molecule has 0 spiro atoms. The van der Waals surface area contributed by atoms with E-state index >= 15 is 0 Å². The molecule has 1 aliphatic heterocycles. The second-order valence-electron chi connectivity index (χ2n) is 5.19. The molecular formula is C14H16N2O6. The number of carbonyl (C=O) groups is 2. The van der Waals surface area contributed by atoms with Gasteiger partial charge < -0.3 is 14.7 Å². The van der Waals surface area contributed by atoms with Crippen LogP contribution in [0.3, 0.4) is 0 Å². The number of nitro benzene ring substituents is 1. The van der Waals surface area contributed by atoms with Gasteiger partial charge in [-0.25, -0.2) is 0 Å². The SMILES string of the molecule is COc1c([N+](=O)[O-])cc(CC(=O)O)c2c1CC(C)N2C(C)=O. The van der Waals surface area contributed by atoms with Gasteiger partial charge in [-0.3, -0.25) is 19.7 Å². The first kappa shape index (κ1) is 15.7. The number of hydrogen-bond acceptors (Lipinski definition) is 5. The number of benzene rings is 1. The summed E-state index contributed by atoms with van der Waals surface area (Å²) in [5.41, 5.74) is 0.894. The predicted molar refractivity (Wildman–Crippen MR) is 77.3 cm³/mol. The van der Waals surface area contributed by atoms with Crippen LogP contribution in [-0.4, -0.2) is 35.1 Å². The van der Waals surface area contributed by atoms with Gasteiger partial charge in [-0.1, -0.05) is 0 Å². The number of methoxy groups -OCH3 is 1. The van der Waals surface area contributed by atoms with Crippen molar-refractivity contribution in [2.24, 2.45) is 0 Å². The van der Waals surface area contributed by atoms with Gasteiger partial charge in [0, 0.05) is 24.6 Å². The van der Waals surface area contributed by atoms with Crippen molar-refractivity contribution >= 4 is 23.3 Å². The third-order valence-corrected chi connectivity index (χ3v) is 3.67. The fourth-order valence-corrected chi connectivity index (χ4v) is 2.98. The minimum absolute atomic E-state index is 0.0877. The number of hydrogen-bond donors (Lipinski definition) is 1. The Morgan fingerprint density at radius 1 is 1.55 bits per heavy atom. The smallest absolute Gasteiger partial charge is 0.311 e. The summed E-state index contributed by atoms with van der Waals surface area (Å²) in [4.78, 5) is 35.0. The first-order valence-electron chi connectivity index (χ1n) is 6.66. The minimum atomic E-state index is -1.12. The number of nitrogens with zero attached hydrogens (tertiary/aromatic N) is 2. The maximum Gasteiger partial charge on any atom is 0.311 e. The Morgan fingerprint density at radius 2 is 2.18 bits per heavy atom. The molecule has 1 amide bonds. The molecule has 1 aromatic carbocycles. The summed E-state index contributed by atoms with van der Waals surface area (Å²) in [7, 11) is 1.32. The van der Waals surface area contributed by atoms with Gasteiger partial charge in [-0.2, -0.15) is 0 Å². The molecule has 0 aliphatic carbocycles. The minimum Gasteiger partial charge on any atom is -0.490 e. The van der Waals surface area contributed by atoms with Crippen LogP contribution in [0.4, 0.5) is 11.4 Å². The number of carboxylic acids is 1. The lowest BCUT2D eigenvalue weighted by atomic mass is 10.0. The number of anilines is 1. The molecule has 0 saturated carbocycles. The van der Waals surface area contributed by atoms with Crippen LogP contribution in [0.15, 0.2) is 6.07 Å². The monoisotopic (exact) mass is 308 g/mol. The molecule has 22 heavy (non-hydrogen) atoms. The lowest BCUT2D eigenvalue weighted by molar-refractivity contribution is -0.385. The average Bonchev–Trinajstić information content (AvgIpc) is 2.74. The van der Waals surface area contributed by atoms with Gasteiger partial charge in [0.1, 0.15) is 0 Å². The maximum absolute atomic E-state index is 11.9. The molecule has 0 saturated heterocycles. The molecule has 1 aliphatic rings. The Hall–Kier alpha value is -2.64. The topological polar surface area (TPSA) is 110 Å². The molecule has 1 aromatic rings. The summed E-state index contributed by atoms with van der Waals surface area (Å²) in [6.07, 6.45) is -0.0178. The van der Waals surface area contributed by atoms with E-state index in [0.717, 1.165) is 0 Å². The number of ether oxygens (including phenoxy) is 1. The van der Waals surface area contributed by atoms with Crippen molar-refractivity contribution in [2.45, 2.75) is 32.7 Å². The summed E-state index contributed by atoms with van der Waals surface area (Å²) in [6.45, 7) is 3.18. The molecule has 1 unspecified atom stereocenters. The summed E-state index contributed by atoms with van der Waals surface area (Å²) in [6, 6.07) is 0.968. The molecule has 1 atom stereocenters. The van der Waals surface area contributed by atoms with E-state index in [-0.39, 0.29) is 28.9 Å². The van der Waals surface area contributed by atoms with Gasteiger partial charge in [0.25, 0.3) is 0 Å².